The Morgan fingerprint density at radius 2 is 2.15 bits per heavy atom. The molecule has 0 aromatic heterocycles. The van der Waals surface area contributed by atoms with E-state index in [1.807, 2.05) is 17.0 Å². The molecule has 104 valence electrons. The number of para-hydroxylation sites is 1. The topological polar surface area (TPSA) is 40.5 Å². The Labute approximate surface area is 118 Å². The molecule has 1 aromatic carbocycles. The van der Waals surface area contributed by atoms with Crippen LogP contribution in [-0.4, -0.2) is 17.6 Å². The van der Waals surface area contributed by atoms with E-state index in [9.17, 15) is 9.90 Å². The minimum absolute atomic E-state index is 0.121. The summed E-state index contributed by atoms with van der Waals surface area (Å²) in [5.74, 6) is 1.60. The van der Waals surface area contributed by atoms with Crippen LogP contribution in [0.3, 0.4) is 0 Å². The second-order valence-electron chi connectivity index (χ2n) is 6.27. The van der Waals surface area contributed by atoms with Crippen molar-refractivity contribution < 1.29 is 9.90 Å². The van der Waals surface area contributed by atoms with Crippen molar-refractivity contribution in [2.24, 2.45) is 17.8 Å². The van der Waals surface area contributed by atoms with Crippen LogP contribution in [0.1, 0.15) is 24.8 Å². The average Bonchev–Trinajstić information content (AvgIpc) is 3.09. The number of amides is 1. The molecule has 1 fully saturated rings. The number of anilines is 1. The maximum absolute atomic E-state index is 12.9. The van der Waals surface area contributed by atoms with Crippen molar-refractivity contribution in [2.45, 2.75) is 25.7 Å². The Bertz CT molecular complexity index is 593. The first-order valence-electron chi connectivity index (χ1n) is 7.54. The Morgan fingerprint density at radius 3 is 2.90 bits per heavy atom. The fourth-order valence-corrected chi connectivity index (χ4v) is 4.12. The molecule has 3 atom stereocenters. The minimum atomic E-state index is 0.121. The largest absolute Gasteiger partial charge is 0.506 e. The van der Waals surface area contributed by atoms with E-state index in [2.05, 4.69) is 12.2 Å². The number of phenols is 1. The summed E-state index contributed by atoms with van der Waals surface area (Å²) in [5, 5.41) is 10.1. The van der Waals surface area contributed by atoms with Crippen LogP contribution in [0.4, 0.5) is 5.69 Å². The molecule has 0 saturated heterocycles. The van der Waals surface area contributed by atoms with Crippen molar-refractivity contribution in [1.82, 2.24) is 0 Å². The van der Waals surface area contributed by atoms with Gasteiger partial charge >= 0.3 is 0 Å². The van der Waals surface area contributed by atoms with Crippen LogP contribution in [0.25, 0.3) is 0 Å². The molecule has 1 amide bonds. The maximum atomic E-state index is 12.9. The van der Waals surface area contributed by atoms with Crippen LogP contribution in [-0.2, 0) is 11.2 Å². The van der Waals surface area contributed by atoms with Crippen molar-refractivity contribution >= 4 is 11.6 Å². The first-order valence-corrected chi connectivity index (χ1v) is 7.54. The molecule has 0 spiro atoms. The van der Waals surface area contributed by atoms with Gasteiger partial charge in [-0.1, -0.05) is 24.3 Å². The molecule has 3 aliphatic rings. The van der Waals surface area contributed by atoms with E-state index in [0.717, 1.165) is 43.5 Å². The number of nitrogens with zero attached hydrogens (tertiary/aromatic N) is 1. The zero-order valence-electron chi connectivity index (χ0n) is 11.5. The van der Waals surface area contributed by atoms with Gasteiger partial charge < -0.3 is 10.0 Å². The number of hydrogen-bond acceptors (Lipinski definition) is 2. The molecule has 20 heavy (non-hydrogen) atoms. The summed E-state index contributed by atoms with van der Waals surface area (Å²) in [6.07, 6.45) is 8.53. The number of carbonyl (C=O) groups excluding carboxylic acids is 1. The van der Waals surface area contributed by atoms with Gasteiger partial charge in [-0.05, 0) is 49.1 Å². The van der Waals surface area contributed by atoms with Crippen LogP contribution in [0.2, 0.25) is 0 Å². The van der Waals surface area contributed by atoms with Gasteiger partial charge in [-0.2, -0.15) is 0 Å². The number of aryl methyl sites for hydroxylation is 1. The second-order valence-corrected chi connectivity index (χ2v) is 6.27. The monoisotopic (exact) mass is 269 g/mol. The van der Waals surface area contributed by atoms with Gasteiger partial charge in [-0.15, -0.1) is 0 Å². The lowest BCUT2D eigenvalue weighted by Crippen LogP contribution is -2.41. The summed E-state index contributed by atoms with van der Waals surface area (Å²) in [4.78, 5) is 14.7. The molecule has 1 aromatic rings. The number of rotatable bonds is 1. The Hall–Kier alpha value is -1.77. The lowest BCUT2D eigenvalue weighted by Gasteiger charge is -2.33. The SMILES string of the molecule is O=C(C1CC2C=CC1C2)N1CCCc2cccc(O)c21. The lowest BCUT2D eigenvalue weighted by atomic mass is 9.90. The summed E-state index contributed by atoms with van der Waals surface area (Å²) in [6.45, 7) is 0.737. The van der Waals surface area contributed by atoms with Gasteiger partial charge in [0.25, 0.3) is 0 Å². The highest BCUT2D eigenvalue weighted by molar-refractivity contribution is 5.98. The van der Waals surface area contributed by atoms with Gasteiger partial charge in [-0.25, -0.2) is 0 Å². The molecule has 1 heterocycles. The van der Waals surface area contributed by atoms with E-state index in [1.165, 1.54) is 0 Å². The van der Waals surface area contributed by atoms with E-state index in [0.29, 0.717) is 11.8 Å². The molecule has 1 aliphatic heterocycles. The molecule has 0 radical (unpaired) electrons. The van der Waals surface area contributed by atoms with E-state index in [1.54, 1.807) is 6.07 Å². The molecule has 2 aliphatic carbocycles. The van der Waals surface area contributed by atoms with Crippen molar-refractivity contribution in [2.75, 3.05) is 11.4 Å². The Kier molecular flexibility index (Phi) is 2.62. The van der Waals surface area contributed by atoms with Crippen LogP contribution in [0.15, 0.2) is 30.4 Å². The third-order valence-corrected chi connectivity index (χ3v) is 5.06. The van der Waals surface area contributed by atoms with Crippen molar-refractivity contribution in [3.63, 3.8) is 0 Å². The number of hydrogen-bond donors (Lipinski definition) is 1. The number of fused-ring (bicyclic) bond motifs is 3. The van der Waals surface area contributed by atoms with Gasteiger partial charge in [0.1, 0.15) is 5.75 Å². The second kappa shape index (κ2) is 4.37. The Morgan fingerprint density at radius 1 is 1.25 bits per heavy atom. The minimum Gasteiger partial charge on any atom is -0.506 e. The number of aromatic hydroxyl groups is 1. The molecule has 3 heteroatoms. The van der Waals surface area contributed by atoms with E-state index >= 15 is 0 Å². The fraction of sp³-hybridized carbons (Fsp3) is 0.471. The Balaban J connectivity index is 1.67. The third-order valence-electron chi connectivity index (χ3n) is 5.06. The summed E-state index contributed by atoms with van der Waals surface area (Å²) in [7, 11) is 0. The standard InChI is InChI=1S/C17H19NO2/c19-15-5-1-3-12-4-2-8-18(16(12)15)17(20)14-10-11-6-7-13(14)9-11/h1,3,5-7,11,13-14,19H,2,4,8-10H2. The predicted octanol–water partition coefficient (Wildman–Crippen LogP) is 2.88. The smallest absolute Gasteiger partial charge is 0.230 e. The van der Waals surface area contributed by atoms with E-state index < -0.39 is 0 Å². The van der Waals surface area contributed by atoms with E-state index in [4.69, 9.17) is 0 Å². The number of benzene rings is 1. The van der Waals surface area contributed by atoms with Gasteiger partial charge in [0.05, 0.1) is 5.69 Å². The highest BCUT2D eigenvalue weighted by Gasteiger charge is 2.42. The molecule has 3 unspecified atom stereocenters. The lowest BCUT2D eigenvalue weighted by molar-refractivity contribution is -0.123. The normalized spacial score (nSPS) is 30.6. The summed E-state index contributed by atoms with van der Waals surface area (Å²) >= 11 is 0. The number of allylic oxidation sites excluding steroid dienone is 2. The molecule has 1 N–H and O–H groups in total. The van der Waals surface area contributed by atoms with Crippen molar-refractivity contribution in [1.29, 1.82) is 0 Å². The van der Waals surface area contributed by atoms with Crippen LogP contribution in [0.5, 0.6) is 5.75 Å². The first kappa shape index (κ1) is 12.0. The predicted molar refractivity (Wildman–Crippen MR) is 77.6 cm³/mol. The molecule has 2 bridgehead atoms. The third kappa shape index (κ3) is 1.69. The zero-order chi connectivity index (χ0) is 13.7. The van der Waals surface area contributed by atoms with Crippen LogP contribution < -0.4 is 4.90 Å². The van der Waals surface area contributed by atoms with Gasteiger partial charge in [-0.3, -0.25) is 4.79 Å². The first-order chi connectivity index (χ1) is 9.74. The van der Waals surface area contributed by atoms with Crippen LogP contribution >= 0.6 is 0 Å². The summed E-state index contributed by atoms with van der Waals surface area (Å²) < 4.78 is 0. The molecule has 4 rings (SSSR count). The van der Waals surface area contributed by atoms with Crippen molar-refractivity contribution in [3.8, 4) is 5.75 Å². The van der Waals surface area contributed by atoms with Crippen LogP contribution in [0, 0.1) is 17.8 Å². The fourth-order valence-electron chi connectivity index (χ4n) is 4.12. The van der Waals surface area contributed by atoms with E-state index in [-0.39, 0.29) is 17.6 Å². The highest BCUT2D eigenvalue weighted by atomic mass is 16.3. The highest BCUT2D eigenvalue weighted by Crippen LogP contribution is 2.46. The van der Waals surface area contributed by atoms with Gasteiger partial charge in [0, 0.05) is 12.5 Å². The number of carbonyl (C=O) groups is 1. The molecular formula is C17H19NO2. The summed E-state index contributed by atoms with van der Waals surface area (Å²) in [6, 6.07) is 5.57. The summed E-state index contributed by atoms with van der Waals surface area (Å²) in [5.41, 5.74) is 1.86. The van der Waals surface area contributed by atoms with Gasteiger partial charge in [0.2, 0.25) is 5.91 Å². The molecular weight excluding hydrogens is 250 g/mol. The maximum Gasteiger partial charge on any atom is 0.230 e. The quantitative estimate of drug-likeness (QED) is 0.796. The molecule has 3 nitrogen and oxygen atoms in total. The molecule has 1 saturated carbocycles. The van der Waals surface area contributed by atoms with Crippen molar-refractivity contribution in [3.05, 3.63) is 35.9 Å². The zero-order valence-corrected chi connectivity index (χ0v) is 11.5. The average molecular weight is 269 g/mol. The van der Waals surface area contributed by atoms with Gasteiger partial charge in [0.15, 0.2) is 0 Å². The number of phenolic OH excluding ortho intramolecular Hbond substituents is 1.